The lowest BCUT2D eigenvalue weighted by Gasteiger charge is -2.32. The van der Waals surface area contributed by atoms with Crippen LogP contribution >= 0.6 is 0 Å². The third-order valence-electron chi connectivity index (χ3n) is 5.47. The number of ketones is 1. The summed E-state index contributed by atoms with van der Waals surface area (Å²) in [7, 11) is 0. The maximum Gasteiger partial charge on any atom is 0.217 e. The summed E-state index contributed by atoms with van der Waals surface area (Å²) >= 11 is 0. The molecule has 0 saturated heterocycles. The van der Waals surface area contributed by atoms with Gasteiger partial charge in [0.05, 0.1) is 0 Å². The number of benzene rings is 2. The normalized spacial score (nSPS) is 11.2. The molecule has 1 aromatic heterocycles. The largest absolute Gasteiger partial charge is 0.457 e. The quantitative estimate of drug-likeness (QED) is 0.448. The van der Waals surface area contributed by atoms with E-state index in [0.29, 0.717) is 35.8 Å². The van der Waals surface area contributed by atoms with Crippen LogP contribution < -0.4 is 10.1 Å². The zero-order valence-corrected chi connectivity index (χ0v) is 18.4. The van der Waals surface area contributed by atoms with Crippen LogP contribution in [-0.2, 0) is 4.79 Å². The van der Waals surface area contributed by atoms with Gasteiger partial charge in [-0.05, 0) is 61.4 Å². The van der Waals surface area contributed by atoms with Crippen LogP contribution in [0.3, 0.4) is 0 Å². The molecule has 1 amide bonds. The summed E-state index contributed by atoms with van der Waals surface area (Å²) in [5.41, 5.74) is 1.81. The van der Waals surface area contributed by atoms with Crippen LogP contribution in [-0.4, -0.2) is 22.2 Å². The molecule has 0 radical (unpaired) electrons. The van der Waals surface area contributed by atoms with E-state index in [1.807, 2.05) is 38.1 Å². The molecule has 3 rings (SSSR count). The van der Waals surface area contributed by atoms with Crippen molar-refractivity contribution in [1.29, 1.82) is 0 Å². The highest BCUT2D eigenvalue weighted by molar-refractivity contribution is 5.97. The molecule has 162 valence electrons. The minimum atomic E-state index is -0.512. The molecule has 6 heteroatoms. The summed E-state index contributed by atoms with van der Waals surface area (Å²) in [6.45, 7) is 7.26. The first kappa shape index (κ1) is 22.3. The molecule has 2 aromatic carbocycles. The maximum atomic E-state index is 12.8. The monoisotopic (exact) mass is 420 g/mol. The fraction of sp³-hybridized carbons (Fsp3) is 0.320. The van der Waals surface area contributed by atoms with Gasteiger partial charge in [0, 0.05) is 36.9 Å². The van der Waals surface area contributed by atoms with Gasteiger partial charge in [0.15, 0.2) is 11.7 Å². The van der Waals surface area contributed by atoms with Gasteiger partial charge < -0.3 is 14.5 Å². The Morgan fingerprint density at radius 3 is 2.06 bits per heavy atom. The molecule has 0 atom stereocenters. The molecule has 6 nitrogen and oxygen atoms in total. The molecule has 0 bridgehead atoms. The van der Waals surface area contributed by atoms with E-state index >= 15 is 0 Å². The molecular formula is C25H28N2O4. The summed E-state index contributed by atoms with van der Waals surface area (Å²) in [6.07, 6.45) is 3.28. The minimum absolute atomic E-state index is 0.00346. The lowest BCUT2D eigenvalue weighted by molar-refractivity contribution is -0.120. The second-order valence-corrected chi connectivity index (χ2v) is 7.67. The van der Waals surface area contributed by atoms with Gasteiger partial charge in [-0.25, -0.2) is 4.98 Å². The number of hydrogen-bond donors (Lipinski definition) is 1. The lowest BCUT2D eigenvalue weighted by Crippen LogP contribution is -2.48. The average molecular weight is 421 g/mol. The molecule has 0 saturated carbocycles. The van der Waals surface area contributed by atoms with Crippen LogP contribution in [0.5, 0.6) is 11.5 Å². The van der Waals surface area contributed by atoms with Crippen LogP contribution in [0, 0.1) is 6.92 Å². The number of nitrogens with one attached hydrogen (secondary N) is 1. The highest BCUT2D eigenvalue weighted by atomic mass is 16.5. The molecule has 1 heterocycles. The highest BCUT2D eigenvalue weighted by Gasteiger charge is 2.30. The fourth-order valence-electron chi connectivity index (χ4n) is 3.54. The van der Waals surface area contributed by atoms with Gasteiger partial charge in [-0.15, -0.1) is 0 Å². The van der Waals surface area contributed by atoms with Crippen molar-refractivity contribution in [2.75, 3.05) is 0 Å². The molecule has 0 aliphatic heterocycles. The summed E-state index contributed by atoms with van der Waals surface area (Å²) in [5.74, 6) is 1.82. The van der Waals surface area contributed by atoms with E-state index in [0.717, 1.165) is 11.3 Å². The number of nitrogens with zero attached hydrogens (tertiary/aromatic N) is 1. The third kappa shape index (κ3) is 5.60. The Kier molecular flexibility index (Phi) is 6.90. The summed E-state index contributed by atoms with van der Waals surface area (Å²) in [4.78, 5) is 28.7. The Balaban J connectivity index is 1.65. The second kappa shape index (κ2) is 9.60. The van der Waals surface area contributed by atoms with Crippen molar-refractivity contribution in [3.8, 4) is 22.8 Å². The number of ether oxygens (including phenoxy) is 1. The lowest BCUT2D eigenvalue weighted by atomic mass is 9.85. The van der Waals surface area contributed by atoms with E-state index in [4.69, 9.17) is 9.15 Å². The van der Waals surface area contributed by atoms with E-state index in [-0.39, 0.29) is 18.1 Å². The molecule has 1 N–H and O–H groups in total. The molecule has 0 spiro atoms. The van der Waals surface area contributed by atoms with E-state index in [9.17, 15) is 9.59 Å². The number of aromatic nitrogens is 1. The van der Waals surface area contributed by atoms with Crippen LogP contribution in [0.2, 0.25) is 0 Å². The van der Waals surface area contributed by atoms with Crippen LogP contribution in [0.15, 0.2) is 59.2 Å². The minimum Gasteiger partial charge on any atom is -0.457 e. The van der Waals surface area contributed by atoms with Crippen LogP contribution in [0.4, 0.5) is 0 Å². The van der Waals surface area contributed by atoms with Crippen LogP contribution in [0.25, 0.3) is 11.3 Å². The second-order valence-electron chi connectivity index (χ2n) is 7.67. The Hall–Kier alpha value is -3.41. The Bertz CT molecular complexity index is 1030. The molecule has 0 aliphatic rings. The average Bonchev–Trinajstić information content (AvgIpc) is 3.20. The number of carbonyl (C=O) groups is 2. The molecule has 31 heavy (non-hydrogen) atoms. The summed E-state index contributed by atoms with van der Waals surface area (Å²) in [5, 5.41) is 2.96. The van der Waals surface area contributed by atoms with E-state index in [1.54, 1.807) is 37.5 Å². The van der Waals surface area contributed by atoms with Gasteiger partial charge in [0.25, 0.3) is 0 Å². The van der Waals surface area contributed by atoms with Crippen molar-refractivity contribution >= 4 is 11.7 Å². The molecular weight excluding hydrogens is 392 g/mol. The van der Waals surface area contributed by atoms with Gasteiger partial charge >= 0.3 is 0 Å². The van der Waals surface area contributed by atoms with Gasteiger partial charge in [-0.3, -0.25) is 9.59 Å². The van der Waals surface area contributed by atoms with Crippen molar-refractivity contribution in [2.24, 2.45) is 0 Å². The van der Waals surface area contributed by atoms with E-state index < -0.39 is 5.54 Å². The number of carbonyl (C=O) groups excluding carboxylic acids is 2. The number of rotatable bonds is 9. The van der Waals surface area contributed by atoms with Crippen molar-refractivity contribution in [2.45, 2.75) is 52.5 Å². The number of oxazole rings is 1. The number of hydrogen-bond acceptors (Lipinski definition) is 5. The zero-order chi connectivity index (χ0) is 22.4. The molecule has 0 aliphatic carbocycles. The maximum absolute atomic E-state index is 12.8. The molecule has 3 aromatic rings. The SMILES string of the molecule is CCC(CC)(CC(=O)c1ccc(Oc2ccc(-c3coc(C)n3)cc2)cc1)NC(C)=O. The Morgan fingerprint density at radius 2 is 1.58 bits per heavy atom. The smallest absolute Gasteiger partial charge is 0.217 e. The van der Waals surface area contributed by atoms with E-state index in [1.165, 1.54) is 6.92 Å². The van der Waals surface area contributed by atoms with Crippen molar-refractivity contribution in [3.05, 3.63) is 66.2 Å². The fourth-order valence-corrected chi connectivity index (χ4v) is 3.54. The van der Waals surface area contributed by atoms with Gasteiger partial charge in [-0.2, -0.15) is 0 Å². The first-order chi connectivity index (χ1) is 14.8. The zero-order valence-electron chi connectivity index (χ0n) is 18.4. The standard InChI is InChI=1S/C25H28N2O4/c1-5-25(6-2,27-17(3)28)15-24(29)20-9-13-22(14-10-20)31-21-11-7-19(8-12-21)23-16-30-18(4)26-23/h7-14,16H,5-6,15H2,1-4H3,(H,27,28). The Labute approximate surface area is 182 Å². The topological polar surface area (TPSA) is 81.4 Å². The first-order valence-corrected chi connectivity index (χ1v) is 10.5. The predicted molar refractivity (Wildman–Crippen MR) is 119 cm³/mol. The summed E-state index contributed by atoms with van der Waals surface area (Å²) in [6, 6.07) is 14.6. The first-order valence-electron chi connectivity index (χ1n) is 10.5. The highest BCUT2D eigenvalue weighted by Crippen LogP contribution is 2.27. The molecule has 0 fully saturated rings. The van der Waals surface area contributed by atoms with Gasteiger partial charge in [0.2, 0.25) is 5.91 Å². The number of Topliss-reactive ketones (excluding diaryl/α,β-unsaturated/α-hetero) is 1. The summed E-state index contributed by atoms with van der Waals surface area (Å²) < 4.78 is 11.1. The third-order valence-corrected chi connectivity index (χ3v) is 5.47. The van der Waals surface area contributed by atoms with Gasteiger partial charge in [-0.1, -0.05) is 13.8 Å². The van der Waals surface area contributed by atoms with E-state index in [2.05, 4.69) is 10.3 Å². The van der Waals surface area contributed by atoms with Crippen molar-refractivity contribution in [3.63, 3.8) is 0 Å². The Morgan fingerprint density at radius 1 is 1.00 bits per heavy atom. The molecule has 0 unspecified atom stereocenters. The van der Waals surface area contributed by atoms with Crippen LogP contribution in [0.1, 0.15) is 56.3 Å². The van der Waals surface area contributed by atoms with Crippen molar-refractivity contribution < 1.29 is 18.7 Å². The predicted octanol–water partition coefficient (Wildman–Crippen LogP) is 5.71. The number of amides is 1. The van der Waals surface area contributed by atoms with Crippen molar-refractivity contribution in [1.82, 2.24) is 10.3 Å². The van der Waals surface area contributed by atoms with Gasteiger partial charge in [0.1, 0.15) is 23.5 Å². The number of aryl methyl sites for hydroxylation is 1.